The van der Waals surface area contributed by atoms with Crippen molar-refractivity contribution < 1.29 is 9.90 Å². The number of hydrogen-bond acceptors (Lipinski definition) is 3. The Morgan fingerprint density at radius 1 is 1.33 bits per heavy atom. The lowest BCUT2D eigenvalue weighted by Gasteiger charge is -2.08. The van der Waals surface area contributed by atoms with E-state index >= 15 is 0 Å². The molecule has 0 saturated carbocycles. The van der Waals surface area contributed by atoms with E-state index in [1.807, 2.05) is 35.7 Å². The smallest absolute Gasteiger partial charge is 0.244 e. The molecule has 0 aliphatic rings. The van der Waals surface area contributed by atoms with Crippen molar-refractivity contribution >= 4 is 34.9 Å². The van der Waals surface area contributed by atoms with Gasteiger partial charge in [-0.15, -0.1) is 11.3 Å². The monoisotopic (exact) mass is 321 g/mol. The number of hydrogen-bond donors (Lipinski definition) is 2. The van der Waals surface area contributed by atoms with E-state index in [1.54, 1.807) is 12.1 Å². The Labute approximate surface area is 132 Å². The van der Waals surface area contributed by atoms with Gasteiger partial charge in [-0.25, -0.2) is 0 Å². The minimum Gasteiger partial charge on any atom is -0.388 e. The topological polar surface area (TPSA) is 49.3 Å². The minimum absolute atomic E-state index is 0.201. The summed E-state index contributed by atoms with van der Waals surface area (Å²) in [7, 11) is 0. The van der Waals surface area contributed by atoms with Crippen molar-refractivity contribution in [3.05, 3.63) is 63.3 Å². The summed E-state index contributed by atoms with van der Waals surface area (Å²) in [4.78, 5) is 12.6. The summed E-state index contributed by atoms with van der Waals surface area (Å²) in [6.45, 7) is 0.421. The third-order valence-corrected chi connectivity index (χ3v) is 4.23. The van der Waals surface area contributed by atoms with Crippen LogP contribution in [0.1, 0.15) is 23.0 Å². The molecule has 0 radical (unpaired) electrons. The molecule has 0 aliphatic heterocycles. The first-order valence-electron chi connectivity index (χ1n) is 6.58. The van der Waals surface area contributed by atoms with Gasteiger partial charge in [0.25, 0.3) is 0 Å². The van der Waals surface area contributed by atoms with Gasteiger partial charge in [0.2, 0.25) is 5.91 Å². The minimum atomic E-state index is -0.530. The van der Waals surface area contributed by atoms with E-state index in [-0.39, 0.29) is 5.91 Å². The Morgan fingerprint density at radius 2 is 2.14 bits per heavy atom. The standard InChI is InChI=1S/C16H16ClNO2S/c17-13-5-2-1-4-12(13)7-8-16(20)18-10-9-14(19)15-6-3-11-21-15/h1-8,11,14,19H,9-10H2,(H,18,20). The van der Waals surface area contributed by atoms with Crippen LogP contribution in [0.15, 0.2) is 47.9 Å². The van der Waals surface area contributed by atoms with Crippen molar-refractivity contribution in [1.29, 1.82) is 0 Å². The maximum atomic E-state index is 11.7. The molecule has 0 fully saturated rings. The maximum absolute atomic E-state index is 11.7. The van der Waals surface area contributed by atoms with Gasteiger partial charge in [0, 0.05) is 22.5 Å². The third-order valence-electron chi connectivity index (χ3n) is 2.91. The molecular weight excluding hydrogens is 306 g/mol. The van der Waals surface area contributed by atoms with E-state index in [2.05, 4.69) is 5.32 Å². The molecule has 1 atom stereocenters. The summed E-state index contributed by atoms with van der Waals surface area (Å²) in [5.41, 5.74) is 0.799. The van der Waals surface area contributed by atoms with Crippen molar-refractivity contribution in [2.45, 2.75) is 12.5 Å². The fraction of sp³-hybridized carbons (Fsp3) is 0.188. The SMILES string of the molecule is O=C(C=Cc1ccccc1Cl)NCCC(O)c1cccs1. The first-order valence-corrected chi connectivity index (χ1v) is 7.84. The van der Waals surface area contributed by atoms with Crippen molar-refractivity contribution in [1.82, 2.24) is 5.32 Å². The lowest BCUT2D eigenvalue weighted by atomic mass is 10.2. The molecule has 5 heteroatoms. The fourth-order valence-corrected chi connectivity index (χ4v) is 2.73. The van der Waals surface area contributed by atoms with Gasteiger partial charge in [0.15, 0.2) is 0 Å². The number of carbonyl (C=O) groups is 1. The average Bonchev–Trinajstić information content (AvgIpc) is 3.00. The molecule has 1 amide bonds. The molecule has 21 heavy (non-hydrogen) atoms. The van der Waals surface area contributed by atoms with E-state index in [0.29, 0.717) is 18.0 Å². The highest BCUT2D eigenvalue weighted by Crippen LogP contribution is 2.21. The number of aliphatic hydroxyl groups is 1. The lowest BCUT2D eigenvalue weighted by Crippen LogP contribution is -2.23. The summed E-state index contributed by atoms with van der Waals surface area (Å²) in [5, 5.41) is 15.2. The van der Waals surface area contributed by atoms with E-state index < -0.39 is 6.10 Å². The van der Waals surface area contributed by atoms with Crippen LogP contribution < -0.4 is 5.32 Å². The van der Waals surface area contributed by atoms with Crippen LogP contribution in [-0.4, -0.2) is 17.6 Å². The number of amides is 1. The van der Waals surface area contributed by atoms with Crippen molar-refractivity contribution in [2.75, 3.05) is 6.54 Å². The fourth-order valence-electron chi connectivity index (χ4n) is 1.79. The number of halogens is 1. The number of aliphatic hydroxyl groups excluding tert-OH is 1. The van der Waals surface area contributed by atoms with Crippen LogP contribution in [-0.2, 0) is 4.79 Å². The van der Waals surface area contributed by atoms with Crippen molar-refractivity contribution in [3.8, 4) is 0 Å². The first kappa shape index (κ1) is 15.8. The van der Waals surface area contributed by atoms with Crippen LogP contribution in [0.5, 0.6) is 0 Å². The van der Waals surface area contributed by atoms with Gasteiger partial charge in [0.1, 0.15) is 0 Å². The highest BCUT2D eigenvalue weighted by Gasteiger charge is 2.08. The van der Waals surface area contributed by atoms with Crippen LogP contribution in [0.2, 0.25) is 5.02 Å². The van der Waals surface area contributed by atoms with E-state index in [9.17, 15) is 9.90 Å². The number of carbonyl (C=O) groups excluding carboxylic acids is 1. The third kappa shape index (κ3) is 5.01. The molecule has 110 valence electrons. The molecule has 2 aromatic rings. The molecule has 0 bridgehead atoms. The highest BCUT2D eigenvalue weighted by molar-refractivity contribution is 7.10. The molecule has 1 heterocycles. The Hall–Kier alpha value is -1.62. The molecule has 1 unspecified atom stereocenters. The molecule has 0 spiro atoms. The Balaban J connectivity index is 1.76. The Morgan fingerprint density at radius 3 is 2.86 bits per heavy atom. The molecule has 1 aromatic heterocycles. The summed E-state index contributed by atoms with van der Waals surface area (Å²) in [5.74, 6) is -0.201. The molecule has 3 nitrogen and oxygen atoms in total. The zero-order valence-electron chi connectivity index (χ0n) is 11.3. The van der Waals surface area contributed by atoms with Gasteiger partial charge in [-0.2, -0.15) is 0 Å². The van der Waals surface area contributed by atoms with Gasteiger partial charge in [0.05, 0.1) is 6.10 Å². The summed E-state index contributed by atoms with van der Waals surface area (Å²) in [6.07, 6.45) is 3.08. The quantitative estimate of drug-likeness (QED) is 0.798. The second-order valence-electron chi connectivity index (χ2n) is 4.47. The van der Waals surface area contributed by atoms with E-state index in [1.165, 1.54) is 17.4 Å². The number of benzene rings is 1. The zero-order chi connectivity index (χ0) is 15.1. The Kier molecular flexibility index (Phi) is 5.99. The van der Waals surface area contributed by atoms with Crippen LogP contribution >= 0.6 is 22.9 Å². The van der Waals surface area contributed by atoms with Crippen LogP contribution in [0.3, 0.4) is 0 Å². The largest absolute Gasteiger partial charge is 0.388 e. The van der Waals surface area contributed by atoms with Crippen LogP contribution in [0.4, 0.5) is 0 Å². The average molecular weight is 322 g/mol. The Bertz CT molecular complexity index is 610. The molecule has 2 rings (SSSR count). The second-order valence-corrected chi connectivity index (χ2v) is 5.85. The van der Waals surface area contributed by atoms with Crippen LogP contribution in [0, 0.1) is 0 Å². The number of rotatable bonds is 6. The molecule has 0 aliphatic carbocycles. The number of nitrogens with one attached hydrogen (secondary N) is 1. The molecule has 1 aromatic carbocycles. The van der Waals surface area contributed by atoms with Gasteiger partial charge in [-0.05, 0) is 35.6 Å². The lowest BCUT2D eigenvalue weighted by molar-refractivity contribution is -0.116. The van der Waals surface area contributed by atoms with Gasteiger partial charge < -0.3 is 10.4 Å². The highest BCUT2D eigenvalue weighted by atomic mass is 35.5. The van der Waals surface area contributed by atoms with Crippen molar-refractivity contribution in [2.24, 2.45) is 0 Å². The second kappa shape index (κ2) is 7.98. The first-order chi connectivity index (χ1) is 10.2. The predicted octanol–water partition coefficient (Wildman–Crippen LogP) is 3.65. The van der Waals surface area contributed by atoms with E-state index in [4.69, 9.17) is 11.6 Å². The normalized spacial score (nSPS) is 12.5. The van der Waals surface area contributed by atoms with Crippen molar-refractivity contribution in [3.63, 3.8) is 0 Å². The number of thiophene rings is 1. The summed E-state index contributed by atoms with van der Waals surface area (Å²) < 4.78 is 0. The predicted molar refractivity (Wildman–Crippen MR) is 87.4 cm³/mol. The zero-order valence-corrected chi connectivity index (χ0v) is 12.9. The van der Waals surface area contributed by atoms with Gasteiger partial charge in [-0.3, -0.25) is 4.79 Å². The summed E-state index contributed by atoms with van der Waals surface area (Å²) in [6, 6.07) is 11.1. The van der Waals surface area contributed by atoms with Crippen LogP contribution in [0.25, 0.3) is 6.08 Å². The molecule has 2 N–H and O–H groups in total. The maximum Gasteiger partial charge on any atom is 0.244 e. The van der Waals surface area contributed by atoms with Gasteiger partial charge >= 0.3 is 0 Å². The molecular formula is C16H16ClNO2S. The van der Waals surface area contributed by atoms with E-state index in [0.717, 1.165) is 10.4 Å². The van der Waals surface area contributed by atoms with Gasteiger partial charge in [-0.1, -0.05) is 35.9 Å². The molecule has 0 saturated heterocycles. The summed E-state index contributed by atoms with van der Waals surface area (Å²) >= 11 is 7.50.